The van der Waals surface area contributed by atoms with Crippen molar-refractivity contribution in [1.82, 2.24) is 15.7 Å². The van der Waals surface area contributed by atoms with Gasteiger partial charge in [0.25, 0.3) is 11.8 Å². The van der Waals surface area contributed by atoms with Crippen LogP contribution in [0.3, 0.4) is 0 Å². The standard InChI is InChI=1S/C23H19N5O3S/c1-14-23(30)28(15-7-3-2-4-8-15)27-20(25-14)21(29)24-13-16-11-12-18(31-16)22-26-17-9-5-6-10-19(17)32-22/h2-12,14H,13H2,1H3,(H,24,29)(H,25,27). The van der Waals surface area contributed by atoms with Crippen LogP contribution in [-0.4, -0.2) is 28.7 Å². The summed E-state index contributed by atoms with van der Waals surface area (Å²) in [6.07, 6.45) is 0. The van der Waals surface area contributed by atoms with Crippen LogP contribution in [0.5, 0.6) is 0 Å². The van der Waals surface area contributed by atoms with Gasteiger partial charge >= 0.3 is 0 Å². The summed E-state index contributed by atoms with van der Waals surface area (Å²) in [7, 11) is 0. The molecular weight excluding hydrogens is 426 g/mol. The molecule has 0 saturated heterocycles. The zero-order chi connectivity index (χ0) is 22.1. The van der Waals surface area contributed by atoms with E-state index in [1.54, 1.807) is 36.5 Å². The number of hydrazine groups is 1. The molecule has 2 N–H and O–H groups in total. The predicted molar refractivity (Wildman–Crippen MR) is 123 cm³/mol. The fraction of sp³-hybridized carbons (Fsp3) is 0.130. The van der Waals surface area contributed by atoms with Crippen molar-refractivity contribution in [2.75, 3.05) is 5.01 Å². The van der Waals surface area contributed by atoms with Crippen molar-refractivity contribution in [3.63, 3.8) is 0 Å². The molecule has 1 atom stereocenters. The van der Waals surface area contributed by atoms with Crippen molar-refractivity contribution in [2.24, 2.45) is 4.99 Å². The zero-order valence-corrected chi connectivity index (χ0v) is 17.9. The number of hydrogen-bond acceptors (Lipinski definition) is 7. The molecule has 0 fully saturated rings. The van der Waals surface area contributed by atoms with E-state index in [4.69, 9.17) is 4.42 Å². The van der Waals surface area contributed by atoms with Gasteiger partial charge in [-0.15, -0.1) is 11.3 Å². The van der Waals surface area contributed by atoms with Crippen LogP contribution in [0.1, 0.15) is 12.7 Å². The number of benzene rings is 2. The van der Waals surface area contributed by atoms with Gasteiger partial charge in [0, 0.05) is 0 Å². The third kappa shape index (κ3) is 3.85. The number of carbonyl (C=O) groups excluding carboxylic acids is 2. The summed E-state index contributed by atoms with van der Waals surface area (Å²) in [5, 5.41) is 4.91. The van der Waals surface area contributed by atoms with Crippen LogP contribution in [0.2, 0.25) is 0 Å². The number of aromatic nitrogens is 1. The number of aliphatic imine (C=N–C) groups is 1. The fourth-order valence-corrected chi connectivity index (χ4v) is 4.25. The lowest BCUT2D eigenvalue weighted by Gasteiger charge is -2.30. The Balaban J connectivity index is 1.26. The molecule has 0 spiro atoms. The molecule has 8 nitrogen and oxygen atoms in total. The Morgan fingerprint density at radius 1 is 1.12 bits per heavy atom. The van der Waals surface area contributed by atoms with Gasteiger partial charge in [-0.1, -0.05) is 30.3 Å². The summed E-state index contributed by atoms with van der Waals surface area (Å²) in [5.41, 5.74) is 4.37. The van der Waals surface area contributed by atoms with E-state index in [0.29, 0.717) is 17.2 Å². The molecule has 9 heteroatoms. The topological polar surface area (TPSA) is 99.8 Å². The second kappa shape index (κ2) is 8.27. The number of furan rings is 1. The van der Waals surface area contributed by atoms with E-state index in [2.05, 4.69) is 20.7 Å². The number of nitrogens with zero attached hydrogens (tertiary/aromatic N) is 3. The summed E-state index contributed by atoms with van der Waals surface area (Å²) in [6, 6.07) is 19.9. The first kappa shape index (κ1) is 20.0. The molecular formula is C23H19N5O3S. The Bertz CT molecular complexity index is 1290. The Kier molecular flexibility index (Phi) is 5.16. The van der Waals surface area contributed by atoms with E-state index in [1.807, 2.05) is 48.5 Å². The fourth-order valence-electron chi connectivity index (χ4n) is 3.32. The molecule has 1 aliphatic heterocycles. The number of amidine groups is 1. The normalized spacial score (nSPS) is 16.0. The highest BCUT2D eigenvalue weighted by atomic mass is 32.1. The van der Waals surface area contributed by atoms with Crippen LogP contribution in [0.4, 0.5) is 5.69 Å². The molecule has 0 bridgehead atoms. The first-order valence-electron chi connectivity index (χ1n) is 10.0. The molecule has 2 aromatic heterocycles. The number of para-hydroxylation sites is 2. The van der Waals surface area contributed by atoms with E-state index in [-0.39, 0.29) is 18.3 Å². The van der Waals surface area contributed by atoms with Crippen LogP contribution in [0.15, 0.2) is 76.1 Å². The van der Waals surface area contributed by atoms with E-state index >= 15 is 0 Å². The van der Waals surface area contributed by atoms with Gasteiger partial charge in [0.2, 0.25) is 5.84 Å². The summed E-state index contributed by atoms with van der Waals surface area (Å²) >= 11 is 1.55. The molecule has 1 aliphatic rings. The summed E-state index contributed by atoms with van der Waals surface area (Å²) in [6.45, 7) is 1.83. The molecule has 2 amide bonds. The van der Waals surface area contributed by atoms with E-state index < -0.39 is 11.9 Å². The maximum absolute atomic E-state index is 12.7. The average molecular weight is 446 g/mol. The van der Waals surface area contributed by atoms with Gasteiger partial charge in [-0.25, -0.2) is 15.0 Å². The van der Waals surface area contributed by atoms with Crippen LogP contribution in [-0.2, 0) is 16.1 Å². The highest BCUT2D eigenvalue weighted by Crippen LogP contribution is 2.31. The molecule has 5 rings (SSSR count). The van der Waals surface area contributed by atoms with Crippen molar-refractivity contribution >= 4 is 44.9 Å². The van der Waals surface area contributed by atoms with E-state index in [0.717, 1.165) is 15.2 Å². The number of hydrogen-bond donors (Lipinski definition) is 2. The SMILES string of the molecule is CC1N=C(C(=O)NCc2ccc(-c3nc4ccccc4s3)o2)NN(c2ccccc2)C1=O. The third-order valence-corrected chi connectivity index (χ3v) is 5.99. The van der Waals surface area contributed by atoms with Gasteiger partial charge in [-0.05, 0) is 43.3 Å². The molecule has 0 aliphatic carbocycles. The number of thiazole rings is 1. The lowest BCUT2D eigenvalue weighted by Crippen LogP contribution is -2.57. The monoisotopic (exact) mass is 445 g/mol. The maximum Gasteiger partial charge on any atom is 0.288 e. The number of nitrogens with one attached hydrogen (secondary N) is 2. The van der Waals surface area contributed by atoms with Crippen molar-refractivity contribution in [3.05, 3.63) is 72.5 Å². The Hall–Kier alpha value is -3.98. The maximum atomic E-state index is 12.7. The highest BCUT2D eigenvalue weighted by molar-refractivity contribution is 7.21. The Morgan fingerprint density at radius 3 is 2.72 bits per heavy atom. The molecule has 0 saturated carbocycles. The van der Waals surface area contributed by atoms with Crippen molar-refractivity contribution in [2.45, 2.75) is 19.5 Å². The van der Waals surface area contributed by atoms with Crippen LogP contribution in [0.25, 0.3) is 21.0 Å². The van der Waals surface area contributed by atoms with Crippen molar-refractivity contribution in [3.8, 4) is 10.8 Å². The van der Waals surface area contributed by atoms with Crippen molar-refractivity contribution < 1.29 is 14.0 Å². The molecule has 160 valence electrons. The average Bonchev–Trinajstić information content (AvgIpc) is 3.46. The van der Waals surface area contributed by atoms with E-state index in [9.17, 15) is 9.59 Å². The minimum absolute atomic E-state index is 0.0684. The summed E-state index contributed by atoms with van der Waals surface area (Å²) in [5.74, 6) is 0.646. The third-order valence-electron chi connectivity index (χ3n) is 4.94. The number of amides is 2. The van der Waals surface area contributed by atoms with E-state index in [1.165, 1.54) is 5.01 Å². The highest BCUT2D eigenvalue weighted by Gasteiger charge is 2.30. The number of carbonyl (C=O) groups is 2. The van der Waals surface area contributed by atoms with Crippen molar-refractivity contribution in [1.29, 1.82) is 0 Å². The van der Waals surface area contributed by atoms with Gasteiger partial charge in [0.15, 0.2) is 10.8 Å². The molecule has 1 unspecified atom stereocenters. The number of rotatable bonds is 5. The second-order valence-electron chi connectivity index (χ2n) is 7.21. The van der Waals surface area contributed by atoms with Gasteiger partial charge in [0.05, 0.1) is 22.4 Å². The lowest BCUT2D eigenvalue weighted by molar-refractivity contribution is -0.120. The zero-order valence-electron chi connectivity index (χ0n) is 17.1. The predicted octanol–water partition coefficient (Wildman–Crippen LogP) is 3.51. The lowest BCUT2D eigenvalue weighted by atomic mass is 10.2. The molecule has 3 heterocycles. The smallest absolute Gasteiger partial charge is 0.288 e. The Labute approximate surface area is 187 Å². The number of anilines is 1. The first-order chi connectivity index (χ1) is 15.6. The second-order valence-corrected chi connectivity index (χ2v) is 8.24. The van der Waals surface area contributed by atoms with Gasteiger partial charge in [-0.3, -0.25) is 15.0 Å². The van der Waals surface area contributed by atoms with Crippen LogP contribution < -0.4 is 15.8 Å². The van der Waals surface area contributed by atoms with Crippen LogP contribution in [0, 0.1) is 0 Å². The first-order valence-corrected chi connectivity index (χ1v) is 10.9. The van der Waals surface area contributed by atoms with Gasteiger partial charge in [-0.2, -0.15) is 0 Å². The molecule has 32 heavy (non-hydrogen) atoms. The van der Waals surface area contributed by atoms with Gasteiger partial charge in [0.1, 0.15) is 11.8 Å². The minimum atomic E-state index is -0.675. The molecule has 4 aromatic rings. The van der Waals surface area contributed by atoms with Gasteiger partial charge < -0.3 is 9.73 Å². The van der Waals surface area contributed by atoms with Crippen LogP contribution >= 0.6 is 11.3 Å². The largest absolute Gasteiger partial charge is 0.457 e. The summed E-state index contributed by atoms with van der Waals surface area (Å²) in [4.78, 5) is 34.0. The minimum Gasteiger partial charge on any atom is -0.457 e. The number of fused-ring (bicyclic) bond motifs is 1. The summed E-state index contributed by atoms with van der Waals surface area (Å²) < 4.78 is 6.96. The quantitative estimate of drug-likeness (QED) is 0.490. The Morgan fingerprint density at radius 2 is 1.91 bits per heavy atom. The molecule has 0 radical (unpaired) electrons. The molecule has 2 aromatic carbocycles.